The quantitative estimate of drug-likeness (QED) is 0.384. The third-order valence-corrected chi connectivity index (χ3v) is 4.41. The summed E-state index contributed by atoms with van der Waals surface area (Å²) in [7, 11) is 2.78. The molecule has 0 fully saturated rings. The van der Waals surface area contributed by atoms with E-state index in [-0.39, 0.29) is 17.1 Å². The van der Waals surface area contributed by atoms with Gasteiger partial charge in [0.25, 0.3) is 0 Å². The molecule has 1 unspecified atom stereocenters. The second kappa shape index (κ2) is 7.55. The molecule has 0 aliphatic carbocycles. The van der Waals surface area contributed by atoms with Gasteiger partial charge in [-0.15, -0.1) is 0 Å². The lowest BCUT2D eigenvalue weighted by Crippen LogP contribution is -2.11. The summed E-state index contributed by atoms with van der Waals surface area (Å²) in [4.78, 5) is 26.5. The molecule has 3 rings (SSSR count). The number of nitrogens with one attached hydrogen (secondary N) is 1. The molecule has 0 aliphatic heterocycles. The first kappa shape index (κ1) is 19.2. The highest BCUT2D eigenvalue weighted by atomic mass is 16.6. The molecule has 0 bridgehead atoms. The minimum atomic E-state index is -0.697. The number of benzene rings is 1. The zero-order valence-electron chi connectivity index (χ0n) is 15.8. The molecule has 2 heterocycles. The summed E-state index contributed by atoms with van der Waals surface area (Å²) in [5.74, 6) is 0.663. The minimum absolute atomic E-state index is 0.000541. The predicted octanol–water partition coefficient (Wildman–Crippen LogP) is 4.01. The maximum atomic E-state index is 11.6. The Balaban J connectivity index is 1.95. The Hall–Kier alpha value is -3.62. The number of hydrogen-bond donors (Lipinski definition) is 1. The number of fused-ring (bicyclic) bond motifs is 1. The fourth-order valence-corrected chi connectivity index (χ4v) is 2.96. The SMILES string of the molecule is COC(=O)c1cnc(NC(C)c2oc3ccc(OC)cc3c2C)c([N+](=O)[O-])c1. The lowest BCUT2D eigenvalue weighted by Gasteiger charge is -2.13. The van der Waals surface area contributed by atoms with Gasteiger partial charge in [0.15, 0.2) is 0 Å². The van der Waals surface area contributed by atoms with Crippen molar-refractivity contribution in [2.75, 3.05) is 19.5 Å². The van der Waals surface area contributed by atoms with Crippen LogP contribution < -0.4 is 10.1 Å². The number of pyridine rings is 1. The van der Waals surface area contributed by atoms with Crippen molar-refractivity contribution >= 4 is 28.4 Å². The van der Waals surface area contributed by atoms with E-state index in [0.717, 1.165) is 17.0 Å². The van der Waals surface area contributed by atoms with Crippen LogP contribution in [-0.4, -0.2) is 30.1 Å². The van der Waals surface area contributed by atoms with Crippen LogP contribution >= 0.6 is 0 Å². The van der Waals surface area contributed by atoms with E-state index >= 15 is 0 Å². The van der Waals surface area contributed by atoms with Crippen LogP contribution in [0.5, 0.6) is 5.75 Å². The number of esters is 1. The maximum Gasteiger partial charge on any atom is 0.339 e. The summed E-state index contributed by atoms with van der Waals surface area (Å²) in [5, 5.41) is 15.3. The molecule has 9 heteroatoms. The van der Waals surface area contributed by atoms with Crippen LogP contribution in [0.2, 0.25) is 0 Å². The number of nitrogens with zero attached hydrogens (tertiary/aromatic N) is 2. The van der Waals surface area contributed by atoms with Gasteiger partial charge in [0, 0.05) is 23.2 Å². The molecule has 0 saturated carbocycles. The number of nitro groups is 1. The largest absolute Gasteiger partial charge is 0.497 e. The Morgan fingerprint density at radius 1 is 1.32 bits per heavy atom. The summed E-state index contributed by atoms with van der Waals surface area (Å²) in [5.41, 5.74) is 1.25. The Kier molecular flexibility index (Phi) is 5.16. The third kappa shape index (κ3) is 3.46. The van der Waals surface area contributed by atoms with Crippen molar-refractivity contribution in [2.45, 2.75) is 19.9 Å². The fourth-order valence-electron chi connectivity index (χ4n) is 2.96. The van der Waals surface area contributed by atoms with Gasteiger partial charge < -0.3 is 19.2 Å². The van der Waals surface area contributed by atoms with Crippen LogP contribution in [-0.2, 0) is 4.74 Å². The van der Waals surface area contributed by atoms with E-state index in [1.54, 1.807) is 13.2 Å². The lowest BCUT2D eigenvalue weighted by molar-refractivity contribution is -0.384. The Labute approximate surface area is 160 Å². The number of methoxy groups -OCH3 is 2. The van der Waals surface area contributed by atoms with Crippen LogP contribution in [0.3, 0.4) is 0 Å². The van der Waals surface area contributed by atoms with Gasteiger partial charge in [0.1, 0.15) is 17.1 Å². The smallest absolute Gasteiger partial charge is 0.339 e. The van der Waals surface area contributed by atoms with Crippen LogP contribution in [0, 0.1) is 17.0 Å². The number of furan rings is 1. The summed E-state index contributed by atoms with van der Waals surface area (Å²) in [6, 6.07) is 6.20. The average molecular weight is 385 g/mol. The summed E-state index contributed by atoms with van der Waals surface area (Å²) >= 11 is 0. The highest BCUT2D eigenvalue weighted by molar-refractivity contribution is 5.90. The number of hydrogen-bond acceptors (Lipinski definition) is 8. The zero-order chi connectivity index (χ0) is 20.4. The van der Waals surface area contributed by atoms with Crippen LogP contribution in [0.4, 0.5) is 11.5 Å². The Morgan fingerprint density at radius 2 is 2.07 bits per heavy atom. The number of rotatable bonds is 6. The molecule has 1 aromatic carbocycles. The molecule has 0 amide bonds. The van der Waals surface area contributed by atoms with Gasteiger partial charge in [-0.05, 0) is 32.0 Å². The van der Waals surface area contributed by atoms with Crippen molar-refractivity contribution in [1.29, 1.82) is 0 Å². The standard InChI is InChI=1S/C19H19N3O6/c1-10-14-8-13(26-3)5-6-16(14)28-17(10)11(2)21-18-15(22(24)25)7-12(9-20-18)19(23)27-4/h5-9,11H,1-4H3,(H,20,21). The fraction of sp³-hybridized carbons (Fsp3) is 0.263. The monoisotopic (exact) mass is 385 g/mol. The third-order valence-electron chi connectivity index (χ3n) is 4.41. The van der Waals surface area contributed by atoms with Crippen LogP contribution in [0.25, 0.3) is 11.0 Å². The van der Waals surface area contributed by atoms with Gasteiger partial charge in [-0.1, -0.05) is 0 Å². The van der Waals surface area contributed by atoms with E-state index in [9.17, 15) is 14.9 Å². The van der Waals surface area contributed by atoms with E-state index in [4.69, 9.17) is 9.15 Å². The molecule has 146 valence electrons. The lowest BCUT2D eigenvalue weighted by atomic mass is 10.1. The van der Waals surface area contributed by atoms with Gasteiger partial charge in [-0.25, -0.2) is 9.78 Å². The zero-order valence-corrected chi connectivity index (χ0v) is 15.8. The Morgan fingerprint density at radius 3 is 2.71 bits per heavy atom. The van der Waals surface area contributed by atoms with Crippen molar-refractivity contribution < 1.29 is 23.6 Å². The van der Waals surface area contributed by atoms with Crippen LogP contribution in [0.1, 0.15) is 34.6 Å². The highest BCUT2D eigenvalue weighted by Gasteiger charge is 2.23. The molecule has 1 N–H and O–H groups in total. The average Bonchev–Trinajstić information content (AvgIpc) is 3.03. The topological polar surface area (TPSA) is 117 Å². The molecule has 3 aromatic rings. The normalized spacial score (nSPS) is 11.9. The number of carbonyl (C=O) groups is 1. The van der Waals surface area contributed by atoms with E-state index in [2.05, 4.69) is 15.0 Å². The maximum absolute atomic E-state index is 11.6. The molecular formula is C19H19N3O6. The molecule has 0 aliphatic rings. The first-order valence-corrected chi connectivity index (χ1v) is 8.42. The highest BCUT2D eigenvalue weighted by Crippen LogP contribution is 2.34. The van der Waals surface area contributed by atoms with Gasteiger partial charge in [-0.2, -0.15) is 0 Å². The second-order valence-corrected chi connectivity index (χ2v) is 6.16. The Bertz CT molecular complexity index is 1060. The van der Waals surface area contributed by atoms with E-state index in [1.807, 2.05) is 26.0 Å². The van der Waals surface area contributed by atoms with E-state index in [0.29, 0.717) is 17.1 Å². The molecule has 28 heavy (non-hydrogen) atoms. The minimum Gasteiger partial charge on any atom is -0.497 e. The van der Waals surface area contributed by atoms with Crippen LogP contribution in [0.15, 0.2) is 34.9 Å². The molecule has 0 saturated heterocycles. The summed E-state index contributed by atoms with van der Waals surface area (Å²) in [6.07, 6.45) is 1.23. The van der Waals surface area contributed by atoms with Gasteiger partial charge >= 0.3 is 11.7 Å². The first-order valence-electron chi connectivity index (χ1n) is 8.42. The molecule has 9 nitrogen and oxygen atoms in total. The number of aryl methyl sites for hydroxylation is 1. The van der Waals surface area contributed by atoms with Crippen molar-refractivity contribution in [3.05, 3.63) is 57.5 Å². The number of carbonyl (C=O) groups excluding carboxylic acids is 1. The molecule has 0 radical (unpaired) electrons. The van der Waals surface area contributed by atoms with Crippen molar-refractivity contribution in [2.24, 2.45) is 0 Å². The predicted molar refractivity (Wildman–Crippen MR) is 102 cm³/mol. The van der Waals surface area contributed by atoms with E-state index in [1.165, 1.54) is 13.3 Å². The molecular weight excluding hydrogens is 366 g/mol. The first-order chi connectivity index (χ1) is 13.3. The summed E-state index contributed by atoms with van der Waals surface area (Å²) < 4.78 is 15.7. The van der Waals surface area contributed by atoms with E-state index < -0.39 is 16.9 Å². The molecule has 1 atom stereocenters. The summed E-state index contributed by atoms with van der Waals surface area (Å²) in [6.45, 7) is 3.71. The second-order valence-electron chi connectivity index (χ2n) is 6.16. The van der Waals surface area contributed by atoms with Crippen molar-refractivity contribution in [3.8, 4) is 5.75 Å². The van der Waals surface area contributed by atoms with Crippen molar-refractivity contribution in [3.63, 3.8) is 0 Å². The number of aromatic nitrogens is 1. The van der Waals surface area contributed by atoms with Crippen molar-refractivity contribution in [1.82, 2.24) is 4.98 Å². The van der Waals surface area contributed by atoms with Gasteiger partial charge in [0.05, 0.1) is 30.7 Å². The molecule has 2 aromatic heterocycles. The van der Waals surface area contributed by atoms with Gasteiger partial charge in [-0.3, -0.25) is 10.1 Å². The number of anilines is 1. The molecule has 0 spiro atoms. The van der Waals surface area contributed by atoms with Gasteiger partial charge in [0.2, 0.25) is 5.82 Å². The number of ether oxygens (including phenoxy) is 2.